The van der Waals surface area contributed by atoms with Crippen molar-refractivity contribution in [2.45, 2.75) is 19.8 Å². The molecule has 0 saturated heterocycles. The Morgan fingerprint density at radius 1 is 1.45 bits per heavy atom. The molecule has 2 N–H and O–H groups in total. The van der Waals surface area contributed by atoms with Gasteiger partial charge < -0.3 is 5.32 Å². The minimum absolute atomic E-state index is 0.0239. The van der Waals surface area contributed by atoms with Crippen LogP contribution in [-0.2, 0) is 4.79 Å². The quantitative estimate of drug-likeness (QED) is 0.903. The highest BCUT2D eigenvalue weighted by Crippen LogP contribution is 2.35. The number of carbonyl (C=O) groups excluding carboxylic acids is 1. The van der Waals surface area contributed by atoms with Crippen LogP contribution in [0.25, 0.3) is 11.4 Å². The van der Waals surface area contributed by atoms with E-state index >= 15 is 0 Å². The second-order valence-electron chi connectivity index (χ2n) is 5.26. The number of anilines is 1. The molecule has 1 aromatic heterocycles. The van der Waals surface area contributed by atoms with Crippen LogP contribution in [-0.4, -0.2) is 21.1 Å². The lowest BCUT2D eigenvalue weighted by molar-refractivity contribution is -0.123. The molecule has 0 spiro atoms. The van der Waals surface area contributed by atoms with E-state index in [4.69, 9.17) is 0 Å². The van der Waals surface area contributed by atoms with Gasteiger partial charge in [-0.25, -0.2) is 9.37 Å². The van der Waals surface area contributed by atoms with Gasteiger partial charge in [0.15, 0.2) is 5.82 Å². The predicted molar refractivity (Wildman–Crippen MR) is 72.3 cm³/mol. The van der Waals surface area contributed by atoms with Gasteiger partial charge in [0.25, 0.3) is 0 Å². The van der Waals surface area contributed by atoms with Crippen molar-refractivity contribution in [2.75, 3.05) is 5.32 Å². The van der Waals surface area contributed by atoms with Crippen LogP contribution in [0.3, 0.4) is 0 Å². The molecule has 1 aromatic carbocycles. The Balaban J connectivity index is 1.86. The Kier molecular flexibility index (Phi) is 3.22. The molecule has 0 atom stereocenters. The summed E-state index contributed by atoms with van der Waals surface area (Å²) < 4.78 is 14.0. The highest BCUT2D eigenvalue weighted by atomic mass is 19.1. The smallest absolute Gasteiger partial charge is 0.227 e. The predicted octanol–water partition coefficient (Wildman–Crippen LogP) is 2.60. The van der Waals surface area contributed by atoms with E-state index in [2.05, 4.69) is 27.4 Å². The third-order valence-electron chi connectivity index (χ3n) is 3.67. The molecular formula is C14H15FN4O. The van der Waals surface area contributed by atoms with Crippen molar-refractivity contribution in [1.29, 1.82) is 0 Å². The van der Waals surface area contributed by atoms with E-state index in [9.17, 15) is 9.18 Å². The molecule has 0 aliphatic heterocycles. The van der Waals surface area contributed by atoms with Crippen LogP contribution in [0.2, 0.25) is 0 Å². The van der Waals surface area contributed by atoms with Gasteiger partial charge in [0.1, 0.15) is 12.1 Å². The highest BCUT2D eigenvalue weighted by molar-refractivity contribution is 5.96. The summed E-state index contributed by atoms with van der Waals surface area (Å²) in [4.78, 5) is 16.0. The summed E-state index contributed by atoms with van der Waals surface area (Å²) in [5, 5.41) is 9.13. The molecule has 1 amide bonds. The zero-order valence-corrected chi connectivity index (χ0v) is 11.1. The monoisotopic (exact) mass is 274 g/mol. The van der Waals surface area contributed by atoms with Crippen molar-refractivity contribution < 1.29 is 9.18 Å². The maximum Gasteiger partial charge on any atom is 0.227 e. The van der Waals surface area contributed by atoms with Gasteiger partial charge in [0.2, 0.25) is 5.91 Å². The molecule has 5 nitrogen and oxygen atoms in total. The Morgan fingerprint density at radius 3 is 2.90 bits per heavy atom. The Labute approximate surface area is 115 Å². The zero-order valence-electron chi connectivity index (χ0n) is 11.1. The molecule has 20 heavy (non-hydrogen) atoms. The maximum atomic E-state index is 14.0. The van der Waals surface area contributed by atoms with Crippen LogP contribution in [0, 0.1) is 17.7 Å². The molecule has 1 fully saturated rings. The van der Waals surface area contributed by atoms with E-state index in [0.29, 0.717) is 17.4 Å². The summed E-state index contributed by atoms with van der Waals surface area (Å²) in [5.41, 5.74) is 0.664. The van der Waals surface area contributed by atoms with E-state index in [1.54, 1.807) is 12.1 Å². The van der Waals surface area contributed by atoms with Gasteiger partial charge in [-0.05, 0) is 30.9 Å². The van der Waals surface area contributed by atoms with Crippen LogP contribution in [0.5, 0.6) is 0 Å². The molecule has 0 radical (unpaired) electrons. The number of hydrogen-bond acceptors (Lipinski definition) is 3. The van der Waals surface area contributed by atoms with E-state index in [1.807, 2.05) is 0 Å². The lowest BCUT2D eigenvalue weighted by atomic mass is 9.75. The molecule has 104 valence electrons. The summed E-state index contributed by atoms with van der Waals surface area (Å²) in [6.45, 7) is 2.12. The number of aromatic nitrogens is 3. The molecule has 1 saturated carbocycles. The van der Waals surface area contributed by atoms with Crippen molar-refractivity contribution in [3.63, 3.8) is 0 Å². The number of aromatic amines is 1. The van der Waals surface area contributed by atoms with Crippen LogP contribution >= 0.6 is 0 Å². The Hall–Kier alpha value is -2.24. The maximum absolute atomic E-state index is 14.0. The number of nitrogens with zero attached hydrogens (tertiary/aromatic N) is 2. The number of rotatable bonds is 3. The van der Waals surface area contributed by atoms with Crippen LogP contribution < -0.4 is 5.32 Å². The third kappa shape index (κ3) is 2.29. The summed E-state index contributed by atoms with van der Waals surface area (Å²) in [6, 6.07) is 4.56. The number of amides is 1. The van der Waals surface area contributed by atoms with E-state index in [1.165, 1.54) is 12.4 Å². The Morgan fingerprint density at radius 2 is 2.25 bits per heavy atom. The topological polar surface area (TPSA) is 70.7 Å². The van der Waals surface area contributed by atoms with Gasteiger partial charge in [-0.1, -0.05) is 13.0 Å². The number of hydrogen-bond donors (Lipinski definition) is 2. The minimum Gasteiger partial charge on any atom is -0.325 e. The summed E-state index contributed by atoms with van der Waals surface area (Å²) in [5.74, 6) is 0.416. The number of nitrogens with one attached hydrogen (secondary N) is 2. The molecule has 2 aromatic rings. The number of H-pyrrole nitrogens is 1. The van der Waals surface area contributed by atoms with Crippen molar-refractivity contribution in [1.82, 2.24) is 15.2 Å². The summed E-state index contributed by atoms with van der Waals surface area (Å²) in [6.07, 6.45) is 3.08. The van der Waals surface area contributed by atoms with Gasteiger partial charge in [-0.3, -0.25) is 9.89 Å². The van der Waals surface area contributed by atoms with Gasteiger partial charge in [-0.2, -0.15) is 5.10 Å². The minimum atomic E-state index is -0.443. The fraction of sp³-hybridized carbons (Fsp3) is 0.357. The molecule has 1 heterocycles. The lowest BCUT2D eigenvalue weighted by Gasteiger charge is -2.31. The molecule has 0 bridgehead atoms. The number of carbonyl (C=O) groups is 1. The lowest BCUT2D eigenvalue weighted by Crippen LogP contribution is -2.33. The molecule has 0 unspecified atom stereocenters. The second kappa shape index (κ2) is 5.03. The van der Waals surface area contributed by atoms with E-state index < -0.39 is 5.82 Å². The van der Waals surface area contributed by atoms with Crippen molar-refractivity contribution in [3.05, 3.63) is 30.3 Å². The van der Waals surface area contributed by atoms with Crippen molar-refractivity contribution >= 4 is 11.6 Å². The zero-order chi connectivity index (χ0) is 14.1. The van der Waals surface area contributed by atoms with Crippen LogP contribution in [0.15, 0.2) is 24.5 Å². The van der Waals surface area contributed by atoms with E-state index in [-0.39, 0.29) is 17.4 Å². The van der Waals surface area contributed by atoms with Gasteiger partial charge in [0.05, 0.1) is 11.3 Å². The molecule has 6 heteroatoms. The van der Waals surface area contributed by atoms with Gasteiger partial charge >= 0.3 is 0 Å². The molecule has 3 rings (SSSR count). The molecule has 1 aliphatic carbocycles. The largest absolute Gasteiger partial charge is 0.325 e. The fourth-order valence-electron chi connectivity index (χ4n) is 2.55. The Bertz CT molecular complexity index is 620. The summed E-state index contributed by atoms with van der Waals surface area (Å²) >= 11 is 0. The number of halogens is 1. The molecular weight excluding hydrogens is 259 g/mol. The van der Waals surface area contributed by atoms with Crippen molar-refractivity contribution in [2.24, 2.45) is 11.8 Å². The first-order chi connectivity index (χ1) is 9.65. The summed E-state index contributed by atoms with van der Waals surface area (Å²) in [7, 11) is 0. The second-order valence-corrected chi connectivity index (χ2v) is 5.26. The fourth-order valence-corrected chi connectivity index (χ4v) is 2.55. The average molecular weight is 274 g/mol. The first kappa shape index (κ1) is 12.8. The van der Waals surface area contributed by atoms with Gasteiger partial charge in [-0.15, -0.1) is 0 Å². The first-order valence-electron chi connectivity index (χ1n) is 6.60. The first-order valence-corrected chi connectivity index (χ1v) is 6.60. The number of benzene rings is 1. The standard InChI is InChI=1S/C14H15FN4O/c1-8-5-9(6-8)14(20)18-11-4-2-3-10(15)12(11)13-16-7-17-19-13/h2-4,7-9H,5-6H2,1H3,(H,18,20)(H,16,17,19). The SMILES string of the molecule is CC1CC(C(=O)Nc2cccc(F)c2-c2ncn[nH]2)C1. The normalized spacial score (nSPS) is 21.3. The van der Waals surface area contributed by atoms with Crippen LogP contribution in [0.4, 0.5) is 10.1 Å². The molecule has 1 aliphatic rings. The highest BCUT2D eigenvalue weighted by Gasteiger charge is 2.32. The third-order valence-corrected chi connectivity index (χ3v) is 3.67. The van der Waals surface area contributed by atoms with Gasteiger partial charge in [0, 0.05) is 5.92 Å². The van der Waals surface area contributed by atoms with E-state index in [0.717, 1.165) is 12.8 Å². The average Bonchev–Trinajstić information content (AvgIpc) is 2.88. The van der Waals surface area contributed by atoms with Crippen molar-refractivity contribution in [3.8, 4) is 11.4 Å². The van der Waals surface area contributed by atoms with Crippen LogP contribution in [0.1, 0.15) is 19.8 Å².